The van der Waals surface area contributed by atoms with Crippen LogP contribution in [0.1, 0.15) is 90.0 Å². The second kappa shape index (κ2) is 20.2. The van der Waals surface area contributed by atoms with Crippen LogP contribution in [0, 0.1) is 16.2 Å². The Morgan fingerprint density at radius 2 is 0.733 bits per heavy atom. The van der Waals surface area contributed by atoms with Crippen LogP contribution >= 0.6 is 0 Å². The summed E-state index contributed by atoms with van der Waals surface area (Å²) in [5.74, 6) is 0. The predicted octanol–water partition coefficient (Wildman–Crippen LogP) is 20.1. The molecule has 0 unspecified atom stereocenters. The molecule has 0 aliphatic carbocycles. The van der Waals surface area contributed by atoms with Crippen LogP contribution in [-0.4, -0.2) is 15.8 Å². The van der Waals surface area contributed by atoms with Gasteiger partial charge in [0.1, 0.15) is 0 Å². The number of fused-ring (bicyclic) bond motifs is 10. The van der Waals surface area contributed by atoms with Crippen molar-refractivity contribution in [3.63, 3.8) is 0 Å². The molecule has 15 rings (SSSR count). The van der Waals surface area contributed by atoms with Gasteiger partial charge in [0.05, 0.1) is 44.4 Å². The van der Waals surface area contributed by atoms with Crippen LogP contribution < -0.4 is 26.2 Å². The lowest BCUT2D eigenvalue weighted by molar-refractivity contribution is 0.411. The Morgan fingerprint density at radius 3 is 1.16 bits per heavy atom. The molecule has 2 aromatic heterocycles. The van der Waals surface area contributed by atoms with Crippen LogP contribution in [0.25, 0.3) is 77.2 Å². The van der Waals surface area contributed by atoms with Crippen molar-refractivity contribution in [3.05, 3.63) is 259 Å². The molecule has 11 aromatic carbocycles. The molecule has 5 heteroatoms. The zero-order valence-electron chi connectivity index (χ0n) is 58.5. The maximum Gasteiger partial charge on any atom is 0.252 e. The average Bonchev–Trinajstić information content (AvgIpc) is 0.793. The van der Waals surface area contributed by atoms with E-state index in [1.165, 1.54) is 0 Å². The molecular weight excluding hydrogens is 1040 g/mol. The maximum absolute atomic E-state index is 9.73. The Bertz CT molecular complexity index is 4990. The van der Waals surface area contributed by atoms with Gasteiger partial charge in [-0.05, 0) is 165 Å². The summed E-state index contributed by atoms with van der Waals surface area (Å²) in [6.45, 7) is 19.7. The molecule has 0 bridgehead atoms. The fourth-order valence-electron chi connectivity index (χ4n) is 14.1. The van der Waals surface area contributed by atoms with Gasteiger partial charge >= 0.3 is 0 Å². The van der Waals surface area contributed by atoms with E-state index in [0.717, 1.165) is 142 Å². The van der Waals surface area contributed by atoms with Crippen LogP contribution in [-0.2, 0) is 19.3 Å². The molecule has 0 amide bonds. The van der Waals surface area contributed by atoms with Crippen LogP contribution in [0.3, 0.4) is 0 Å². The molecule has 0 saturated heterocycles. The average molecular weight is 1120 g/mol. The molecule has 0 fully saturated rings. The lowest BCUT2D eigenvalue weighted by Crippen LogP contribution is -2.61. The number of hydrogen-bond acceptors (Lipinski definition) is 2. The van der Waals surface area contributed by atoms with E-state index in [-0.39, 0.29) is 71.3 Å². The summed E-state index contributed by atoms with van der Waals surface area (Å²) in [6.07, 6.45) is 2.30. The molecular formula is C81H73BN4. The summed E-state index contributed by atoms with van der Waals surface area (Å²) in [7, 11) is 0. The summed E-state index contributed by atoms with van der Waals surface area (Å²) >= 11 is 0. The summed E-state index contributed by atoms with van der Waals surface area (Å²) in [5.41, 5.74) is 20.1. The number of benzene rings is 11. The van der Waals surface area contributed by atoms with Crippen molar-refractivity contribution in [2.24, 2.45) is 16.2 Å². The topological polar surface area (TPSA) is 16.3 Å². The summed E-state index contributed by atoms with van der Waals surface area (Å²) in [5, 5.41) is 2.51. The predicted molar refractivity (Wildman–Crippen MR) is 369 cm³/mol. The summed E-state index contributed by atoms with van der Waals surface area (Å²) in [6, 6.07) is 67.6. The van der Waals surface area contributed by atoms with E-state index < -0.39 is 0 Å². The molecule has 4 nitrogen and oxygen atoms in total. The fraction of sp³-hybridized carbons (Fsp3) is 0.185. The third-order valence-electron chi connectivity index (χ3n) is 17.2. The molecule has 4 heterocycles. The lowest BCUT2D eigenvalue weighted by Gasteiger charge is -2.45. The van der Waals surface area contributed by atoms with Gasteiger partial charge in [0.15, 0.2) is 0 Å². The quantitative estimate of drug-likeness (QED) is 0.134. The smallest absolute Gasteiger partial charge is 0.252 e. The minimum absolute atomic E-state index is 0.0355. The van der Waals surface area contributed by atoms with E-state index in [2.05, 4.69) is 263 Å². The van der Waals surface area contributed by atoms with Crippen molar-refractivity contribution in [2.45, 2.75) is 81.6 Å². The number of rotatable bonds is 9. The van der Waals surface area contributed by atoms with Crippen LogP contribution in [0.4, 0.5) is 34.1 Å². The van der Waals surface area contributed by atoms with E-state index in [9.17, 15) is 8.22 Å². The Labute approximate surface area is 518 Å². The highest BCUT2D eigenvalue weighted by molar-refractivity contribution is 7.00. The molecule has 0 saturated carbocycles. The SMILES string of the molecule is [2H]c1c([2H])c([2H])c2c(c1[2H])c1cc(CC(C)(C)C)ccc1n2-c1ccc2c(c1)N(c1ccccc1-c1ccccc1)c1cc(CC(C)(C)C)cc3c1B2c1ccc(-n2c4ccc(CC(C)(C)C)cc4c4c([2H])c([2H])c([2H])c([2H])c42)cc1N3c1ccccc1-c1ccccc1. The second-order valence-electron chi connectivity index (χ2n) is 27.4. The first-order chi connectivity index (χ1) is 44.8. The van der Waals surface area contributed by atoms with E-state index >= 15 is 0 Å². The highest BCUT2D eigenvalue weighted by atomic mass is 15.2. The van der Waals surface area contributed by atoms with Crippen molar-refractivity contribution in [2.75, 3.05) is 9.80 Å². The van der Waals surface area contributed by atoms with Crippen LogP contribution in [0.5, 0.6) is 0 Å². The van der Waals surface area contributed by atoms with E-state index in [1.54, 1.807) is 0 Å². The van der Waals surface area contributed by atoms with E-state index in [4.69, 9.17) is 2.74 Å². The zero-order valence-corrected chi connectivity index (χ0v) is 50.5. The van der Waals surface area contributed by atoms with Crippen molar-refractivity contribution in [1.29, 1.82) is 0 Å². The zero-order chi connectivity index (χ0) is 65.8. The van der Waals surface area contributed by atoms with E-state index in [0.29, 0.717) is 21.8 Å². The minimum atomic E-state index is -0.382. The Balaban J connectivity index is 1.08. The second-order valence-corrected chi connectivity index (χ2v) is 27.4. The monoisotopic (exact) mass is 1120 g/mol. The van der Waals surface area contributed by atoms with Gasteiger partial charge in [-0.15, -0.1) is 0 Å². The maximum atomic E-state index is 9.73. The molecule has 0 N–H and O–H groups in total. The highest BCUT2D eigenvalue weighted by Crippen LogP contribution is 2.50. The van der Waals surface area contributed by atoms with Crippen molar-refractivity contribution in [1.82, 2.24) is 9.13 Å². The Kier molecular flexibility index (Phi) is 10.6. The number of nitrogens with zero attached hydrogens (tertiary/aromatic N) is 4. The summed E-state index contributed by atoms with van der Waals surface area (Å²) in [4.78, 5) is 4.90. The van der Waals surface area contributed by atoms with Gasteiger partial charge in [0.2, 0.25) is 0 Å². The third kappa shape index (κ3) is 9.22. The molecule has 0 radical (unpaired) electrons. The number of para-hydroxylation sites is 4. The Hall–Kier alpha value is -9.32. The van der Waals surface area contributed by atoms with Gasteiger partial charge in [-0.3, -0.25) is 0 Å². The normalized spacial score (nSPS) is 14.5. The molecule has 0 spiro atoms. The van der Waals surface area contributed by atoms with Gasteiger partial charge in [0, 0.05) is 66.8 Å². The molecule has 13 aromatic rings. The van der Waals surface area contributed by atoms with Crippen molar-refractivity contribution < 1.29 is 11.0 Å². The molecule has 0 atom stereocenters. The molecule has 86 heavy (non-hydrogen) atoms. The first kappa shape index (κ1) is 45.1. The van der Waals surface area contributed by atoms with Crippen LogP contribution in [0.2, 0.25) is 0 Å². The highest BCUT2D eigenvalue weighted by Gasteiger charge is 2.45. The van der Waals surface area contributed by atoms with E-state index in [1.807, 2.05) is 12.1 Å². The lowest BCUT2D eigenvalue weighted by atomic mass is 9.33. The molecule has 2 aliphatic heterocycles. The van der Waals surface area contributed by atoms with Crippen LogP contribution in [0.15, 0.2) is 242 Å². The van der Waals surface area contributed by atoms with Crippen molar-refractivity contribution >= 4 is 101 Å². The third-order valence-corrected chi connectivity index (χ3v) is 17.2. The first-order valence-corrected chi connectivity index (χ1v) is 30.3. The van der Waals surface area contributed by atoms with Gasteiger partial charge in [-0.25, -0.2) is 0 Å². The van der Waals surface area contributed by atoms with Gasteiger partial charge < -0.3 is 18.9 Å². The minimum Gasteiger partial charge on any atom is -0.311 e. The number of aromatic nitrogens is 2. The standard InChI is InChI=1S/C81H73BN4/c1-79(2,3)50-53-36-42-72-64(44-53)62-30-18-22-34-70(62)83(72)58-38-40-66-74(48-58)85(68-32-20-16-28-60(68)56-24-12-10-13-25-56)76-46-55(52-81(7,8)9)47-77-78(76)82(66)67-41-39-59(49-75(67)86(77)69-33-21-17-29-61(69)57-26-14-11-15-27-57)84-71-35-23-19-31-63(71)65-45-54(37-43-73(65)84)51-80(4,5)6/h10-49H,50-52H2,1-9H3/i18D,19D,22D,23D,30D,31D,34D,35D. The first-order valence-electron chi connectivity index (χ1n) is 34.3. The number of hydrogen-bond donors (Lipinski definition) is 0. The summed E-state index contributed by atoms with van der Waals surface area (Å²) < 4.78 is 79.1. The van der Waals surface area contributed by atoms with Crippen molar-refractivity contribution in [3.8, 4) is 33.6 Å². The molecule has 2 aliphatic rings. The van der Waals surface area contributed by atoms with Gasteiger partial charge in [-0.1, -0.05) is 220 Å². The fourth-order valence-corrected chi connectivity index (χ4v) is 14.1. The molecule has 420 valence electrons. The Morgan fingerprint density at radius 1 is 0.337 bits per heavy atom. The largest absolute Gasteiger partial charge is 0.311 e. The van der Waals surface area contributed by atoms with Gasteiger partial charge in [0.25, 0.3) is 6.71 Å². The number of anilines is 6. The van der Waals surface area contributed by atoms with Gasteiger partial charge in [-0.2, -0.15) is 0 Å².